The third kappa shape index (κ3) is 5.38. The van der Waals surface area contributed by atoms with Crippen LogP contribution in [0.1, 0.15) is 22.5 Å². The number of benzene rings is 2. The van der Waals surface area contributed by atoms with Crippen molar-refractivity contribution in [1.82, 2.24) is 9.99 Å². The van der Waals surface area contributed by atoms with Crippen LogP contribution in [0.25, 0.3) is 5.69 Å². The molecule has 2 aromatic carbocycles. The lowest BCUT2D eigenvalue weighted by atomic mass is 10.2. The van der Waals surface area contributed by atoms with E-state index in [0.717, 1.165) is 38.8 Å². The molecular formula is C23H25ClN4O3S. The number of hydrazone groups is 1. The number of sulfonamides is 1. The highest BCUT2D eigenvalue weighted by atomic mass is 35.5. The van der Waals surface area contributed by atoms with Gasteiger partial charge in [-0.1, -0.05) is 35.9 Å². The normalized spacial score (nSPS) is 11.7. The van der Waals surface area contributed by atoms with E-state index in [1.807, 2.05) is 54.8 Å². The van der Waals surface area contributed by atoms with Crippen molar-refractivity contribution in [2.24, 2.45) is 5.10 Å². The Hall–Kier alpha value is -3.10. The number of aromatic nitrogens is 1. The molecule has 0 radical (unpaired) electrons. The molecule has 32 heavy (non-hydrogen) atoms. The number of carbonyl (C=O) groups excluding carboxylic acids is 1. The van der Waals surface area contributed by atoms with Crippen molar-refractivity contribution in [2.45, 2.75) is 20.8 Å². The first kappa shape index (κ1) is 23.6. The van der Waals surface area contributed by atoms with Crippen LogP contribution in [0.3, 0.4) is 0 Å². The number of nitrogens with one attached hydrogen (secondary N) is 1. The van der Waals surface area contributed by atoms with Crippen molar-refractivity contribution in [2.75, 3.05) is 17.1 Å². The van der Waals surface area contributed by atoms with Gasteiger partial charge >= 0.3 is 0 Å². The molecule has 7 nitrogen and oxygen atoms in total. The molecule has 0 aliphatic carbocycles. The fourth-order valence-corrected chi connectivity index (χ4v) is 4.59. The van der Waals surface area contributed by atoms with E-state index in [1.54, 1.807) is 31.3 Å². The highest BCUT2D eigenvalue weighted by molar-refractivity contribution is 7.92. The van der Waals surface area contributed by atoms with E-state index in [1.165, 1.54) is 0 Å². The summed E-state index contributed by atoms with van der Waals surface area (Å²) >= 11 is 6.12. The largest absolute Gasteiger partial charge is 0.318 e. The predicted molar refractivity (Wildman–Crippen MR) is 129 cm³/mol. The number of halogens is 1. The van der Waals surface area contributed by atoms with Crippen molar-refractivity contribution >= 4 is 39.4 Å². The van der Waals surface area contributed by atoms with Gasteiger partial charge in [0.25, 0.3) is 5.91 Å². The first-order valence-corrected chi connectivity index (χ1v) is 12.1. The maximum Gasteiger partial charge on any atom is 0.260 e. The summed E-state index contributed by atoms with van der Waals surface area (Å²) in [6.45, 7) is 5.33. The highest BCUT2D eigenvalue weighted by Crippen LogP contribution is 2.23. The fourth-order valence-electron chi connectivity index (χ4n) is 3.49. The average molecular weight is 473 g/mol. The summed E-state index contributed by atoms with van der Waals surface area (Å²) in [5.74, 6) is -0.543. The first-order chi connectivity index (χ1) is 15.1. The highest BCUT2D eigenvalue weighted by Gasteiger charge is 2.22. The summed E-state index contributed by atoms with van der Waals surface area (Å²) in [7, 11) is -3.65. The second kappa shape index (κ2) is 9.58. The Morgan fingerprint density at radius 1 is 1.12 bits per heavy atom. The molecule has 1 heterocycles. The summed E-state index contributed by atoms with van der Waals surface area (Å²) in [5, 5.41) is 4.67. The van der Waals surface area contributed by atoms with E-state index in [2.05, 4.69) is 10.5 Å². The van der Waals surface area contributed by atoms with Gasteiger partial charge in [-0.05, 0) is 56.7 Å². The third-order valence-corrected chi connectivity index (χ3v) is 6.36. The molecule has 3 rings (SSSR count). The molecule has 0 unspecified atom stereocenters. The number of hydrogen-bond acceptors (Lipinski definition) is 4. The Morgan fingerprint density at radius 2 is 1.84 bits per heavy atom. The minimum Gasteiger partial charge on any atom is -0.318 e. The summed E-state index contributed by atoms with van der Waals surface area (Å²) in [5.41, 5.74) is 7.30. The molecule has 3 aromatic rings. The van der Waals surface area contributed by atoms with E-state index in [-0.39, 0.29) is 6.54 Å². The third-order valence-electron chi connectivity index (χ3n) is 5.00. The van der Waals surface area contributed by atoms with Crippen LogP contribution in [-0.4, -0.2) is 37.9 Å². The Morgan fingerprint density at radius 3 is 2.50 bits per heavy atom. The van der Waals surface area contributed by atoms with Crippen molar-refractivity contribution < 1.29 is 13.2 Å². The summed E-state index contributed by atoms with van der Waals surface area (Å²) in [6.07, 6.45) is 2.61. The number of aryl methyl sites for hydroxylation is 2. The standard InChI is InChI=1S/C23H25ClN4O3S/c1-16-8-5-6-11-22(16)27(32(4,30)31)15-23(29)26-25-14-19-12-17(2)28(18(19)3)21-10-7-9-20(24)13-21/h5-14H,15H2,1-4H3,(H,26,29). The van der Waals surface area contributed by atoms with Gasteiger partial charge in [0.05, 0.1) is 18.2 Å². The van der Waals surface area contributed by atoms with E-state index < -0.39 is 15.9 Å². The molecule has 0 saturated carbocycles. The SMILES string of the molecule is Cc1ccccc1N(CC(=O)NN=Cc1cc(C)n(-c2cccc(Cl)c2)c1C)S(C)(=O)=O. The molecule has 0 saturated heterocycles. The van der Waals surface area contributed by atoms with Gasteiger partial charge < -0.3 is 4.57 Å². The van der Waals surface area contributed by atoms with Gasteiger partial charge in [0.2, 0.25) is 10.0 Å². The van der Waals surface area contributed by atoms with Crippen LogP contribution in [0.5, 0.6) is 0 Å². The predicted octanol–water partition coefficient (Wildman–Crippen LogP) is 3.97. The van der Waals surface area contributed by atoms with Gasteiger partial charge in [0.15, 0.2) is 0 Å². The second-order valence-corrected chi connectivity index (χ2v) is 9.83. The monoisotopic (exact) mass is 472 g/mol. The second-order valence-electron chi connectivity index (χ2n) is 7.49. The molecule has 168 valence electrons. The van der Waals surface area contributed by atoms with Gasteiger partial charge in [-0.15, -0.1) is 0 Å². The fraction of sp³-hybridized carbons (Fsp3) is 0.217. The smallest absolute Gasteiger partial charge is 0.260 e. The Labute approximate surface area is 193 Å². The van der Waals surface area contributed by atoms with Crippen LogP contribution in [0.15, 0.2) is 59.7 Å². The lowest BCUT2D eigenvalue weighted by molar-refractivity contribution is -0.119. The van der Waals surface area contributed by atoms with Crippen molar-refractivity contribution in [3.63, 3.8) is 0 Å². The van der Waals surface area contributed by atoms with Crippen molar-refractivity contribution in [1.29, 1.82) is 0 Å². The summed E-state index contributed by atoms with van der Waals surface area (Å²) in [4.78, 5) is 12.4. The van der Waals surface area contributed by atoms with Crippen LogP contribution >= 0.6 is 11.6 Å². The van der Waals surface area contributed by atoms with Crippen molar-refractivity contribution in [3.05, 3.63) is 82.1 Å². The maximum absolute atomic E-state index is 12.4. The van der Waals surface area contributed by atoms with Gasteiger partial charge in [0, 0.05) is 27.7 Å². The number of para-hydroxylation sites is 1. The zero-order chi connectivity index (χ0) is 23.5. The molecule has 0 bridgehead atoms. The molecule has 0 atom stereocenters. The molecular weight excluding hydrogens is 448 g/mol. The van der Waals surface area contributed by atoms with E-state index >= 15 is 0 Å². The first-order valence-electron chi connectivity index (χ1n) is 9.88. The minimum absolute atomic E-state index is 0.372. The Bertz CT molecular complexity index is 1280. The molecule has 0 aliphatic rings. The van der Waals surface area contributed by atoms with E-state index in [9.17, 15) is 13.2 Å². The van der Waals surface area contributed by atoms with E-state index in [0.29, 0.717) is 10.7 Å². The van der Waals surface area contributed by atoms with Gasteiger partial charge in [-0.2, -0.15) is 5.10 Å². The molecule has 1 amide bonds. The molecule has 0 spiro atoms. The molecule has 1 aromatic heterocycles. The lowest BCUT2D eigenvalue weighted by Crippen LogP contribution is -2.39. The van der Waals surface area contributed by atoms with Crippen LogP contribution < -0.4 is 9.73 Å². The van der Waals surface area contributed by atoms with Crippen LogP contribution in [0.4, 0.5) is 5.69 Å². The zero-order valence-corrected chi connectivity index (χ0v) is 19.9. The molecule has 0 aliphatic heterocycles. The van der Waals surface area contributed by atoms with Gasteiger partial charge in [0.1, 0.15) is 6.54 Å². The lowest BCUT2D eigenvalue weighted by Gasteiger charge is -2.23. The van der Waals surface area contributed by atoms with Crippen molar-refractivity contribution in [3.8, 4) is 5.69 Å². The number of rotatable bonds is 7. The Balaban J connectivity index is 1.75. The molecule has 9 heteroatoms. The van der Waals surface area contributed by atoms with Crippen LogP contribution in [-0.2, 0) is 14.8 Å². The minimum atomic E-state index is -3.65. The molecule has 0 fully saturated rings. The number of hydrogen-bond donors (Lipinski definition) is 1. The number of anilines is 1. The van der Waals surface area contributed by atoms with E-state index in [4.69, 9.17) is 11.6 Å². The average Bonchev–Trinajstić information content (AvgIpc) is 2.99. The van der Waals surface area contributed by atoms with Gasteiger partial charge in [-0.3, -0.25) is 9.10 Å². The van der Waals surface area contributed by atoms with Crippen LogP contribution in [0.2, 0.25) is 5.02 Å². The number of amides is 1. The summed E-state index contributed by atoms with van der Waals surface area (Å²) in [6, 6.07) is 16.5. The Kier molecular flexibility index (Phi) is 7.06. The summed E-state index contributed by atoms with van der Waals surface area (Å²) < 4.78 is 27.6. The topological polar surface area (TPSA) is 83.8 Å². The van der Waals surface area contributed by atoms with Crippen LogP contribution in [0, 0.1) is 20.8 Å². The van der Waals surface area contributed by atoms with Gasteiger partial charge in [-0.25, -0.2) is 13.8 Å². The number of carbonyl (C=O) groups is 1. The number of nitrogens with zero attached hydrogens (tertiary/aromatic N) is 3. The zero-order valence-electron chi connectivity index (χ0n) is 18.3. The quantitative estimate of drug-likeness (QED) is 0.417. The molecule has 1 N–H and O–H groups in total. The maximum atomic E-state index is 12.4.